The van der Waals surface area contributed by atoms with Crippen LogP contribution in [0.4, 0.5) is 0 Å². The van der Waals surface area contributed by atoms with Gasteiger partial charge in [0.05, 0.1) is 0 Å². The quantitative estimate of drug-likeness (QED) is 0.372. The Balaban J connectivity index is 2.64. The zero-order chi connectivity index (χ0) is 8.67. The maximum absolute atomic E-state index is 5.65. The molecular weight excluding hydrogens is 151 g/mol. The molecule has 0 N–H and O–H groups in total. The van der Waals surface area contributed by atoms with Gasteiger partial charge in [0.15, 0.2) is 0 Å². The van der Waals surface area contributed by atoms with Gasteiger partial charge in [0.25, 0.3) is 0 Å². The molecule has 0 aliphatic heterocycles. The molecule has 46 valence electrons. The van der Waals surface area contributed by atoms with Crippen molar-refractivity contribution in [2.75, 3.05) is 0 Å². The van der Waals surface area contributed by atoms with E-state index in [1.807, 2.05) is 40.3 Å². The molecule has 3 aromatic heterocycles. The van der Waals surface area contributed by atoms with Crippen LogP contribution in [0.2, 0.25) is 0 Å². The van der Waals surface area contributed by atoms with Gasteiger partial charge in [-0.05, 0) is 0 Å². The van der Waals surface area contributed by atoms with Gasteiger partial charge in [0, 0.05) is 0 Å². The molecule has 1 nitrogen and oxygen atoms in total. The van der Waals surface area contributed by atoms with E-state index in [9.17, 15) is 0 Å². The van der Waals surface area contributed by atoms with E-state index in [1.54, 1.807) is 0 Å². The summed E-state index contributed by atoms with van der Waals surface area (Å²) in [6.45, 7) is 16.2. The van der Waals surface area contributed by atoms with E-state index in [2.05, 4.69) is 13.6 Å². The molecule has 0 amide bonds. The SMILES string of the molecule is b1bbc2c(b1)oc1bbbbc12. The fourth-order valence-electron chi connectivity index (χ4n) is 1.67. The molecular formula is C4B8O. The zero-order valence-corrected chi connectivity index (χ0v) is 7.03. The van der Waals surface area contributed by atoms with Crippen LogP contribution >= 0.6 is 0 Å². The molecule has 0 saturated heterocycles. The van der Waals surface area contributed by atoms with Gasteiger partial charge < -0.3 is 0 Å². The van der Waals surface area contributed by atoms with Crippen LogP contribution in [0.25, 0.3) is 21.5 Å². The third-order valence-corrected chi connectivity index (χ3v) is 2.28. The summed E-state index contributed by atoms with van der Waals surface area (Å²) in [6, 6.07) is 0. The van der Waals surface area contributed by atoms with Gasteiger partial charge in [0.1, 0.15) is 0 Å². The van der Waals surface area contributed by atoms with E-state index in [0.717, 1.165) is 11.0 Å². The van der Waals surface area contributed by atoms with Crippen LogP contribution in [0.1, 0.15) is 0 Å². The predicted octanol–water partition coefficient (Wildman–Crippen LogP) is -1.71. The van der Waals surface area contributed by atoms with Gasteiger partial charge in [-0.25, -0.2) is 0 Å². The van der Waals surface area contributed by atoms with Crippen LogP contribution in [0, 0.1) is 0 Å². The molecule has 3 heterocycles. The fourth-order valence-corrected chi connectivity index (χ4v) is 1.67. The van der Waals surface area contributed by atoms with E-state index in [-0.39, 0.29) is 0 Å². The molecule has 0 bridgehead atoms. The van der Waals surface area contributed by atoms with Crippen molar-refractivity contribution in [3.8, 4) is 0 Å². The number of hydrogen-bond donors (Lipinski definition) is 0. The summed E-state index contributed by atoms with van der Waals surface area (Å²) in [5, 5.41) is 2.39. The summed E-state index contributed by atoms with van der Waals surface area (Å²) in [5.41, 5.74) is 1.92. The van der Waals surface area contributed by atoms with Crippen LogP contribution in [0.5, 0.6) is 0 Å². The van der Waals surface area contributed by atoms with Gasteiger partial charge in [-0.2, -0.15) is 0 Å². The Morgan fingerprint density at radius 3 is 1.62 bits per heavy atom. The Morgan fingerprint density at radius 1 is 0.615 bits per heavy atom. The second-order valence-electron chi connectivity index (χ2n) is 3.09. The van der Waals surface area contributed by atoms with Crippen molar-refractivity contribution in [2.24, 2.45) is 0 Å². The number of fused-ring (bicyclic) bond motifs is 3. The molecule has 0 aliphatic rings. The van der Waals surface area contributed by atoms with Crippen molar-refractivity contribution in [3.05, 3.63) is 0 Å². The summed E-state index contributed by atoms with van der Waals surface area (Å²) in [7, 11) is 0. The third-order valence-electron chi connectivity index (χ3n) is 2.28. The molecule has 0 aromatic carbocycles. The first-order chi connectivity index (χ1) is 6.45. The van der Waals surface area contributed by atoms with Gasteiger partial charge >= 0.3 is 79.9 Å². The first kappa shape index (κ1) is 8.14. The second kappa shape index (κ2) is 3.18. The molecule has 0 unspecified atom stereocenters. The van der Waals surface area contributed by atoms with Crippen LogP contribution in [0.3, 0.4) is 0 Å². The molecule has 0 aliphatic carbocycles. The van der Waals surface area contributed by atoms with E-state index >= 15 is 0 Å². The molecule has 13 heavy (non-hydrogen) atoms. The minimum absolute atomic E-state index is 0.962. The number of rotatable bonds is 0. The normalized spacial score (nSPS) is 8.62. The predicted molar refractivity (Wildman–Crippen MR) is 64.5 cm³/mol. The molecule has 0 fully saturated rings. The van der Waals surface area contributed by atoms with Crippen molar-refractivity contribution in [2.45, 2.75) is 0 Å². The number of furan rings is 1. The minimum atomic E-state index is 0.962. The first-order valence-corrected chi connectivity index (χ1v) is 4.31. The van der Waals surface area contributed by atoms with Crippen LogP contribution in [-0.4, -0.2) is 53.9 Å². The summed E-state index contributed by atoms with van der Waals surface area (Å²) in [6.07, 6.45) is 0. The van der Waals surface area contributed by atoms with Gasteiger partial charge in [-0.15, -0.1) is 0 Å². The zero-order valence-electron chi connectivity index (χ0n) is 7.03. The molecule has 0 spiro atoms. The van der Waals surface area contributed by atoms with E-state index in [0.29, 0.717) is 0 Å². The molecule has 3 aromatic rings. The summed E-state index contributed by atoms with van der Waals surface area (Å²) < 4.78 is 5.65. The van der Waals surface area contributed by atoms with Gasteiger partial charge in [-0.3, -0.25) is 0 Å². The Morgan fingerprint density at radius 2 is 1.08 bits per heavy atom. The molecule has 0 atom stereocenters. The van der Waals surface area contributed by atoms with Crippen molar-refractivity contribution >= 4 is 75.4 Å². The number of hydrogen-bond acceptors (Lipinski definition) is 1. The maximum atomic E-state index is 5.65. The first-order valence-electron chi connectivity index (χ1n) is 4.31. The molecule has 0 radical (unpaired) electrons. The fraction of sp³-hybridized carbons (Fsp3) is 0. The van der Waals surface area contributed by atoms with Crippen LogP contribution in [-0.2, 0) is 0 Å². The summed E-state index contributed by atoms with van der Waals surface area (Å²) in [4.78, 5) is 0. The van der Waals surface area contributed by atoms with Crippen LogP contribution < -0.4 is 0 Å². The molecule has 3 rings (SSSR count). The Labute approximate surface area is 80.3 Å². The van der Waals surface area contributed by atoms with Crippen LogP contribution in [0.15, 0.2) is 4.42 Å². The van der Waals surface area contributed by atoms with Crippen molar-refractivity contribution in [3.63, 3.8) is 0 Å². The standard InChI is InChI=1S/C4B8O/c5-1-2-4(8-12-10-6-2)13-3(1)7-11-9-5. The average molecular weight is 151 g/mol. The second-order valence-corrected chi connectivity index (χ2v) is 3.09. The van der Waals surface area contributed by atoms with Crippen molar-refractivity contribution in [1.82, 2.24) is 0 Å². The van der Waals surface area contributed by atoms with Crippen molar-refractivity contribution in [1.29, 1.82) is 0 Å². The Kier molecular flexibility index (Phi) is 1.99. The Bertz CT molecular complexity index is 524. The Hall–Kier alpha value is -0.201. The summed E-state index contributed by atoms with van der Waals surface area (Å²) in [5.74, 6) is 0. The van der Waals surface area contributed by atoms with E-state index in [4.69, 9.17) is 4.42 Å². The average Bonchev–Trinajstić information content (AvgIpc) is 2.56. The monoisotopic (exact) mass is 152 g/mol. The topological polar surface area (TPSA) is 13.1 Å². The van der Waals surface area contributed by atoms with E-state index in [1.165, 1.54) is 10.6 Å². The molecule has 9 heteroatoms. The third kappa shape index (κ3) is 1.28. The summed E-state index contributed by atoms with van der Waals surface area (Å²) >= 11 is 0. The van der Waals surface area contributed by atoms with Gasteiger partial charge in [-0.1, -0.05) is 0 Å². The van der Waals surface area contributed by atoms with Gasteiger partial charge in [0.2, 0.25) is 0 Å². The molecule has 0 saturated carbocycles. The van der Waals surface area contributed by atoms with Crippen molar-refractivity contribution < 1.29 is 4.42 Å². The van der Waals surface area contributed by atoms with E-state index < -0.39 is 0 Å².